The Morgan fingerprint density at radius 1 is 1.29 bits per heavy atom. The predicted molar refractivity (Wildman–Crippen MR) is 103 cm³/mol. The zero-order valence-electron chi connectivity index (χ0n) is 16.3. The SMILES string of the molecule is O=C(O)CCC(CC1CCCCC1)NC(=O)c1ccnc(OC2CCOC2)c1. The van der Waals surface area contributed by atoms with Crippen LogP contribution < -0.4 is 10.1 Å². The maximum atomic E-state index is 12.8. The van der Waals surface area contributed by atoms with E-state index < -0.39 is 5.97 Å². The summed E-state index contributed by atoms with van der Waals surface area (Å²) < 4.78 is 11.1. The Morgan fingerprint density at radius 2 is 2.11 bits per heavy atom. The molecule has 1 amide bonds. The van der Waals surface area contributed by atoms with Gasteiger partial charge in [-0.05, 0) is 24.8 Å². The van der Waals surface area contributed by atoms with Crippen molar-refractivity contribution in [1.29, 1.82) is 0 Å². The van der Waals surface area contributed by atoms with Crippen LogP contribution in [0.15, 0.2) is 18.3 Å². The number of carbonyl (C=O) groups is 2. The summed E-state index contributed by atoms with van der Waals surface area (Å²) in [6, 6.07) is 3.16. The summed E-state index contributed by atoms with van der Waals surface area (Å²) >= 11 is 0. The highest BCUT2D eigenvalue weighted by molar-refractivity contribution is 5.94. The molecule has 1 aromatic heterocycles. The molecule has 0 aromatic carbocycles. The van der Waals surface area contributed by atoms with Gasteiger partial charge >= 0.3 is 5.97 Å². The molecule has 2 heterocycles. The van der Waals surface area contributed by atoms with Crippen LogP contribution in [0.25, 0.3) is 0 Å². The van der Waals surface area contributed by atoms with Crippen molar-refractivity contribution in [3.63, 3.8) is 0 Å². The largest absolute Gasteiger partial charge is 0.481 e. The summed E-state index contributed by atoms with van der Waals surface area (Å²) in [5, 5.41) is 12.1. The van der Waals surface area contributed by atoms with Crippen molar-refractivity contribution in [1.82, 2.24) is 10.3 Å². The number of hydrogen-bond acceptors (Lipinski definition) is 5. The molecule has 2 aliphatic rings. The molecule has 0 radical (unpaired) electrons. The molecule has 1 saturated carbocycles. The third-order valence-electron chi connectivity index (χ3n) is 5.56. The molecule has 2 unspecified atom stereocenters. The van der Waals surface area contributed by atoms with Crippen molar-refractivity contribution >= 4 is 11.9 Å². The third kappa shape index (κ3) is 6.48. The van der Waals surface area contributed by atoms with Crippen LogP contribution in [0, 0.1) is 5.92 Å². The first-order chi connectivity index (χ1) is 13.6. The van der Waals surface area contributed by atoms with Gasteiger partial charge in [-0.15, -0.1) is 0 Å². The van der Waals surface area contributed by atoms with Gasteiger partial charge in [0.05, 0.1) is 13.2 Å². The number of amides is 1. The Balaban J connectivity index is 1.60. The number of aromatic nitrogens is 1. The van der Waals surface area contributed by atoms with Gasteiger partial charge in [-0.3, -0.25) is 9.59 Å². The summed E-state index contributed by atoms with van der Waals surface area (Å²) in [4.78, 5) is 28.0. The van der Waals surface area contributed by atoms with Gasteiger partial charge < -0.3 is 19.9 Å². The van der Waals surface area contributed by atoms with Crippen molar-refractivity contribution < 1.29 is 24.2 Å². The van der Waals surface area contributed by atoms with E-state index in [9.17, 15) is 9.59 Å². The lowest BCUT2D eigenvalue weighted by molar-refractivity contribution is -0.137. The van der Waals surface area contributed by atoms with Crippen LogP contribution >= 0.6 is 0 Å². The standard InChI is InChI=1S/C21H30N2O5/c24-20(25)7-6-17(12-15-4-2-1-3-5-15)23-21(26)16-8-10-22-19(13-16)28-18-9-11-27-14-18/h8,10,13,15,17-18H,1-7,9,11-12,14H2,(H,23,26)(H,24,25). The highest BCUT2D eigenvalue weighted by Gasteiger charge is 2.23. The van der Waals surface area contributed by atoms with E-state index in [-0.39, 0.29) is 24.5 Å². The average molecular weight is 390 g/mol. The zero-order valence-corrected chi connectivity index (χ0v) is 16.3. The number of rotatable bonds is 9. The second kappa shape index (κ2) is 10.4. The molecule has 2 fully saturated rings. The minimum atomic E-state index is -0.832. The van der Waals surface area contributed by atoms with Crippen LogP contribution in [0.2, 0.25) is 0 Å². The lowest BCUT2D eigenvalue weighted by Gasteiger charge is -2.27. The highest BCUT2D eigenvalue weighted by atomic mass is 16.5. The molecule has 154 valence electrons. The molecule has 1 aromatic rings. The first-order valence-corrected chi connectivity index (χ1v) is 10.3. The number of carboxylic acid groups (broad SMARTS) is 1. The summed E-state index contributed by atoms with van der Waals surface area (Å²) in [5.41, 5.74) is 0.480. The molecular formula is C21H30N2O5. The van der Waals surface area contributed by atoms with Crippen molar-refractivity contribution in [2.24, 2.45) is 5.92 Å². The number of nitrogens with zero attached hydrogens (tertiary/aromatic N) is 1. The number of pyridine rings is 1. The molecular weight excluding hydrogens is 360 g/mol. The Kier molecular flexibility index (Phi) is 7.65. The molecule has 0 spiro atoms. The van der Waals surface area contributed by atoms with E-state index in [0.29, 0.717) is 37.0 Å². The van der Waals surface area contributed by atoms with E-state index in [2.05, 4.69) is 10.3 Å². The van der Waals surface area contributed by atoms with Crippen LogP contribution in [0.3, 0.4) is 0 Å². The van der Waals surface area contributed by atoms with E-state index in [4.69, 9.17) is 14.6 Å². The summed E-state index contributed by atoms with van der Waals surface area (Å²) in [7, 11) is 0. The average Bonchev–Trinajstić information content (AvgIpc) is 3.20. The fourth-order valence-corrected chi connectivity index (χ4v) is 4.03. The second-order valence-corrected chi connectivity index (χ2v) is 7.83. The van der Waals surface area contributed by atoms with Gasteiger partial charge in [-0.1, -0.05) is 32.1 Å². The van der Waals surface area contributed by atoms with E-state index in [1.165, 1.54) is 19.3 Å². The highest BCUT2D eigenvalue weighted by Crippen LogP contribution is 2.28. The summed E-state index contributed by atoms with van der Waals surface area (Å²) in [6.07, 6.45) is 9.74. The monoisotopic (exact) mass is 390 g/mol. The molecule has 7 heteroatoms. The molecule has 1 aliphatic carbocycles. The van der Waals surface area contributed by atoms with E-state index >= 15 is 0 Å². The van der Waals surface area contributed by atoms with Crippen molar-refractivity contribution in [2.45, 2.75) is 69.9 Å². The Hall–Kier alpha value is -2.15. The summed E-state index contributed by atoms with van der Waals surface area (Å²) in [6.45, 7) is 1.22. The van der Waals surface area contributed by atoms with Crippen molar-refractivity contribution in [3.05, 3.63) is 23.9 Å². The quantitative estimate of drug-likeness (QED) is 0.672. The van der Waals surface area contributed by atoms with Gasteiger partial charge in [0, 0.05) is 36.7 Å². The normalized spacial score (nSPS) is 21.2. The first kappa shape index (κ1) is 20.6. The summed E-state index contributed by atoms with van der Waals surface area (Å²) in [5.74, 6) is -0.0635. The molecule has 0 bridgehead atoms. The third-order valence-corrected chi connectivity index (χ3v) is 5.56. The molecule has 2 atom stereocenters. The molecule has 28 heavy (non-hydrogen) atoms. The first-order valence-electron chi connectivity index (χ1n) is 10.3. The van der Waals surface area contributed by atoms with Gasteiger partial charge in [-0.2, -0.15) is 0 Å². The lowest BCUT2D eigenvalue weighted by atomic mass is 9.84. The van der Waals surface area contributed by atoms with Crippen molar-refractivity contribution in [2.75, 3.05) is 13.2 Å². The van der Waals surface area contributed by atoms with Gasteiger partial charge in [0.1, 0.15) is 6.10 Å². The van der Waals surface area contributed by atoms with Gasteiger partial charge in [0.25, 0.3) is 5.91 Å². The molecule has 1 saturated heterocycles. The maximum Gasteiger partial charge on any atom is 0.303 e. The van der Waals surface area contributed by atoms with E-state index in [1.807, 2.05) is 0 Å². The molecule has 2 N–H and O–H groups in total. The van der Waals surface area contributed by atoms with Gasteiger partial charge in [0.2, 0.25) is 5.88 Å². The maximum absolute atomic E-state index is 12.8. The predicted octanol–water partition coefficient (Wildman–Crippen LogP) is 3.18. The number of carboxylic acids is 1. The van der Waals surface area contributed by atoms with Crippen LogP contribution in [-0.4, -0.2) is 47.3 Å². The molecule has 7 nitrogen and oxygen atoms in total. The topological polar surface area (TPSA) is 97.8 Å². The van der Waals surface area contributed by atoms with Crippen LogP contribution in [0.5, 0.6) is 5.88 Å². The van der Waals surface area contributed by atoms with Gasteiger partial charge in [0.15, 0.2) is 0 Å². The minimum Gasteiger partial charge on any atom is -0.481 e. The van der Waals surface area contributed by atoms with Crippen molar-refractivity contribution in [3.8, 4) is 5.88 Å². The van der Waals surface area contributed by atoms with E-state index in [1.54, 1.807) is 18.3 Å². The Labute approximate surface area is 165 Å². The van der Waals surface area contributed by atoms with Crippen LogP contribution in [-0.2, 0) is 9.53 Å². The van der Waals surface area contributed by atoms with Crippen LogP contribution in [0.1, 0.15) is 68.1 Å². The van der Waals surface area contributed by atoms with Crippen LogP contribution in [0.4, 0.5) is 0 Å². The molecule has 1 aliphatic heterocycles. The number of aliphatic carboxylic acids is 1. The lowest BCUT2D eigenvalue weighted by Crippen LogP contribution is -2.37. The smallest absolute Gasteiger partial charge is 0.303 e. The fourth-order valence-electron chi connectivity index (χ4n) is 4.03. The minimum absolute atomic E-state index is 0.0274. The zero-order chi connectivity index (χ0) is 19.8. The Morgan fingerprint density at radius 3 is 2.82 bits per heavy atom. The fraction of sp³-hybridized carbons (Fsp3) is 0.667. The number of carbonyl (C=O) groups excluding carboxylic acids is 1. The molecule has 3 rings (SSSR count). The number of hydrogen-bond donors (Lipinski definition) is 2. The second-order valence-electron chi connectivity index (χ2n) is 7.83. The van der Waals surface area contributed by atoms with E-state index in [0.717, 1.165) is 25.7 Å². The number of nitrogens with one attached hydrogen (secondary N) is 1. The van der Waals surface area contributed by atoms with Gasteiger partial charge in [-0.25, -0.2) is 4.98 Å². The number of ether oxygens (including phenoxy) is 2. The Bertz CT molecular complexity index is 654.